The number of likely N-dealkylation sites (tertiary alicyclic amines) is 1. The van der Waals surface area contributed by atoms with E-state index in [-0.39, 0.29) is 35.1 Å². The molecule has 11 heteroatoms. The Balaban J connectivity index is 1.03. The van der Waals surface area contributed by atoms with Gasteiger partial charge in [-0.2, -0.15) is 4.98 Å². The molecule has 2 saturated heterocycles. The highest BCUT2D eigenvalue weighted by molar-refractivity contribution is 6.76. The van der Waals surface area contributed by atoms with E-state index in [0.717, 1.165) is 50.8 Å². The van der Waals surface area contributed by atoms with Crippen LogP contribution in [0, 0.1) is 11.2 Å². The summed E-state index contributed by atoms with van der Waals surface area (Å²) in [5.41, 5.74) is 4.66. The molecule has 2 aliphatic heterocycles. The number of piperidine rings is 1. The number of methoxy groups -OCH3 is 1. The number of hydrogen-bond donors (Lipinski definition) is 1. The predicted octanol–water partition coefficient (Wildman–Crippen LogP) is 9.35. The standard InChI is InChI=1S/C42H55FN4O5Si/c1-28(2)30-10-7-8-11-31(30)32-12-9-13-36(32)47-25-42(26-47)16-18-45(19-17-42)29-14-15-33(41(48)49)37(22-29)52-38-23-34-35(43)24-46(39(34)44-40(38)50-3)27-51-20-21-53(4,5)6/h7-8,10-11,14-15,22-24,28,32,36H,9,12-13,16-21,25-27H2,1-6H3,(H,48,49)/t32-,36-/m0/s1. The fourth-order valence-corrected chi connectivity index (χ4v) is 9.55. The average Bonchev–Trinajstić information content (AvgIpc) is 3.72. The average molecular weight is 743 g/mol. The minimum absolute atomic E-state index is 0.0120. The zero-order chi connectivity index (χ0) is 37.5. The first-order valence-electron chi connectivity index (χ1n) is 19.3. The minimum atomic E-state index is -1.27. The first kappa shape index (κ1) is 37.4. The van der Waals surface area contributed by atoms with Gasteiger partial charge >= 0.3 is 5.97 Å². The zero-order valence-corrected chi connectivity index (χ0v) is 33.2. The summed E-state index contributed by atoms with van der Waals surface area (Å²) in [4.78, 5) is 22.0. The maximum absolute atomic E-state index is 15.2. The number of nitrogens with zero attached hydrogens (tertiary/aromatic N) is 4. The first-order valence-corrected chi connectivity index (χ1v) is 23.0. The van der Waals surface area contributed by atoms with Crippen LogP contribution in [0.25, 0.3) is 11.0 Å². The highest BCUT2D eigenvalue weighted by Crippen LogP contribution is 2.49. The summed E-state index contributed by atoms with van der Waals surface area (Å²) in [5, 5.41) is 10.3. The van der Waals surface area contributed by atoms with Gasteiger partial charge in [0.1, 0.15) is 23.7 Å². The number of benzene rings is 2. The summed E-state index contributed by atoms with van der Waals surface area (Å²) < 4.78 is 34.5. The molecule has 53 heavy (non-hydrogen) atoms. The smallest absolute Gasteiger partial charge is 0.339 e. The van der Waals surface area contributed by atoms with Gasteiger partial charge < -0.3 is 28.8 Å². The van der Waals surface area contributed by atoms with Gasteiger partial charge in [-0.25, -0.2) is 9.18 Å². The van der Waals surface area contributed by atoms with Gasteiger partial charge in [-0.3, -0.25) is 4.90 Å². The monoisotopic (exact) mass is 742 g/mol. The van der Waals surface area contributed by atoms with Gasteiger partial charge in [0.15, 0.2) is 11.6 Å². The van der Waals surface area contributed by atoms with Gasteiger partial charge in [-0.15, -0.1) is 0 Å². The number of carboxylic acids is 1. The zero-order valence-electron chi connectivity index (χ0n) is 32.2. The van der Waals surface area contributed by atoms with Gasteiger partial charge in [0, 0.05) is 70.9 Å². The largest absolute Gasteiger partial charge is 0.478 e. The molecule has 1 N–H and O–H groups in total. The van der Waals surface area contributed by atoms with Crippen LogP contribution in [-0.2, 0) is 11.5 Å². The Morgan fingerprint density at radius 1 is 1.06 bits per heavy atom. The number of fused-ring (bicyclic) bond motifs is 1. The summed E-state index contributed by atoms with van der Waals surface area (Å²) in [7, 11) is 0.197. The van der Waals surface area contributed by atoms with E-state index in [2.05, 4.69) is 72.5 Å². The van der Waals surface area contributed by atoms with Crippen LogP contribution in [0.4, 0.5) is 10.1 Å². The highest BCUT2D eigenvalue weighted by atomic mass is 28.3. The third-order valence-corrected chi connectivity index (χ3v) is 13.5. The summed E-state index contributed by atoms with van der Waals surface area (Å²) in [6.45, 7) is 16.3. The van der Waals surface area contributed by atoms with Gasteiger partial charge in [0.25, 0.3) is 5.88 Å². The normalized spacial score (nSPS) is 20.3. The quantitative estimate of drug-likeness (QED) is 0.107. The van der Waals surface area contributed by atoms with E-state index in [4.69, 9.17) is 14.2 Å². The molecule has 7 rings (SSSR count). The van der Waals surface area contributed by atoms with Crippen molar-refractivity contribution < 1.29 is 28.5 Å². The summed E-state index contributed by atoms with van der Waals surface area (Å²) >= 11 is 0. The molecular formula is C42H55FN4O5Si. The summed E-state index contributed by atoms with van der Waals surface area (Å²) in [6.07, 6.45) is 7.38. The van der Waals surface area contributed by atoms with Gasteiger partial charge in [-0.05, 0) is 72.2 Å². The molecule has 9 nitrogen and oxygen atoms in total. The molecule has 1 saturated carbocycles. The molecular weight excluding hydrogens is 688 g/mol. The number of halogens is 1. The molecule has 3 aliphatic rings. The molecule has 3 fully saturated rings. The lowest BCUT2D eigenvalue weighted by atomic mass is 9.70. The summed E-state index contributed by atoms with van der Waals surface area (Å²) in [6, 6.07) is 17.4. The van der Waals surface area contributed by atoms with Crippen molar-refractivity contribution in [2.75, 3.05) is 44.8 Å². The lowest BCUT2D eigenvalue weighted by Crippen LogP contribution is -2.63. The second-order valence-corrected chi connectivity index (χ2v) is 22.7. The van der Waals surface area contributed by atoms with Crippen LogP contribution in [0.2, 0.25) is 25.7 Å². The molecule has 2 atom stereocenters. The molecule has 4 aromatic rings. The third kappa shape index (κ3) is 7.84. The van der Waals surface area contributed by atoms with Crippen molar-refractivity contribution in [1.82, 2.24) is 14.5 Å². The van der Waals surface area contributed by atoms with E-state index in [1.54, 1.807) is 22.3 Å². The molecule has 284 valence electrons. The third-order valence-electron chi connectivity index (χ3n) is 11.8. The molecule has 0 bridgehead atoms. The van der Waals surface area contributed by atoms with Gasteiger partial charge in [0.2, 0.25) is 0 Å². The van der Waals surface area contributed by atoms with Crippen molar-refractivity contribution >= 4 is 30.8 Å². The number of pyridine rings is 1. The lowest BCUT2D eigenvalue weighted by Gasteiger charge is -2.57. The highest BCUT2D eigenvalue weighted by Gasteiger charge is 2.49. The van der Waals surface area contributed by atoms with E-state index in [1.165, 1.54) is 44.2 Å². The van der Waals surface area contributed by atoms with E-state index < -0.39 is 19.9 Å². The molecule has 2 aromatic heterocycles. The summed E-state index contributed by atoms with van der Waals surface area (Å²) in [5.74, 6) is -0.00296. The van der Waals surface area contributed by atoms with Crippen LogP contribution in [0.5, 0.6) is 17.4 Å². The number of aromatic carboxylic acids is 1. The molecule has 0 amide bonds. The van der Waals surface area contributed by atoms with E-state index in [1.807, 2.05) is 6.07 Å². The molecule has 0 radical (unpaired) electrons. The first-order chi connectivity index (χ1) is 25.3. The van der Waals surface area contributed by atoms with E-state index >= 15 is 4.39 Å². The predicted molar refractivity (Wildman–Crippen MR) is 210 cm³/mol. The number of ether oxygens (including phenoxy) is 3. The fraction of sp³-hybridized carbons (Fsp3) is 0.524. The molecule has 2 aromatic carbocycles. The maximum atomic E-state index is 15.2. The molecule has 1 aliphatic carbocycles. The van der Waals surface area contributed by atoms with Crippen molar-refractivity contribution in [1.29, 1.82) is 0 Å². The minimum Gasteiger partial charge on any atom is -0.478 e. The molecule has 0 unspecified atom stereocenters. The number of hydrogen-bond acceptors (Lipinski definition) is 7. The Hall–Kier alpha value is -3.93. The van der Waals surface area contributed by atoms with Gasteiger partial charge in [0.05, 0.1) is 12.5 Å². The number of aromatic nitrogens is 2. The topological polar surface area (TPSA) is 89.3 Å². The van der Waals surface area contributed by atoms with Crippen molar-refractivity contribution in [2.24, 2.45) is 5.41 Å². The Bertz CT molecular complexity index is 1940. The number of anilines is 1. The van der Waals surface area contributed by atoms with Crippen LogP contribution in [0.1, 0.15) is 79.3 Å². The van der Waals surface area contributed by atoms with Crippen molar-refractivity contribution in [3.8, 4) is 17.4 Å². The van der Waals surface area contributed by atoms with Crippen molar-refractivity contribution in [3.63, 3.8) is 0 Å². The Morgan fingerprint density at radius 2 is 1.81 bits per heavy atom. The van der Waals surface area contributed by atoms with Crippen molar-refractivity contribution in [3.05, 3.63) is 77.2 Å². The maximum Gasteiger partial charge on any atom is 0.339 e. The number of carboxylic acid groups (broad SMARTS) is 1. The number of rotatable bonds is 13. The number of carbonyl (C=O) groups is 1. The second kappa shape index (κ2) is 15.1. The Morgan fingerprint density at radius 3 is 2.51 bits per heavy atom. The second-order valence-electron chi connectivity index (χ2n) is 17.0. The van der Waals surface area contributed by atoms with E-state index in [9.17, 15) is 9.90 Å². The van der Waals surface area contributed by atoms with Crippen LogP contribution >= 0.6 is 0 Å². The van der Waals surface area contributed by atoms with Crippen LogP contribution in [0.3, 0.4) is 0 Å². The van der Waals surface area contributed by atoms with Crippen molar-refractivity contribution in [2.45, 2.75) is 96.2 Å². The Kier molecular flexibility index (Phi) is 10.6. The van der Waals surface area contributed by atoms with Gasteiger partial charge in [-0.1, -0.05) is 64.2 Å². The van der Waals surface area contributed by atoms with Crippen LogP contribution in [-0.4, -0.2) is 79.5 Å². The lowest BCUT2D eigenvalue weighted by molar-refractivity contribution is -0.0493. The molecule has 4 heterocycles. The SMILES string of the molecule is COc1nc2c(cc1Oc1cc(N3CCC4(CC3)CN([C@H]3CCC[C@H]3c3ccccc3C(C)C)C4)ccc1C(=O)O)c(F)cn2COCC[Si](C)(C)C. The molecule has 1 spiro atoms. The Labute approximate surface area is 314 Å². The fourth-order valence-electron chi connectivity index (χ4n) is 8.80. The van der Waals surface area contributed by atoms with E-state index in [0.29, 0.717) is 35.5 Å². The van der Waals surface area contributed by atoms with Crippen LogP contribution in [0.15, 0.2) is 54.7 Å². The van der Waals surface area contributed by atoms with Crippen LogP contribution < -0.4 is 14.4 Å².